The largest absolute Gasteiger partial charge is 0.465 e. The van der Waals surface area contributed by atoms with Crippen molar-refractivity contribution in [3.63, 3.8) is 0 Å². The summed E-state index contributed by atoms with van der Waals surface area (Å²) in [5.74, 6) is -0.150. The molecule has 0 bridgehead atoms. The summed E-state index contributed by atoms with van der Waals surface area (Å²) >= 11 is 0. The van der Waals surface area contributed by atoms with Crippen molar-refractivity contribution in [1.29, 1.82) is 0 Å². The van der Waals surface area contributed by atoms with E-state index in [1.807, 2.05) is 14.0 Å². The molecule has 5 nitrogen and oxygen atoms in total. The number of nitrogens with one attached hydrogen (secondary N) is 1. The van der Waals surface area contributed by atoms with Crippen molar-refractivity contribution < 1.29 is 9.53 Å². The van der Waals surface area contributed by atoms with Crippen molar-refractivity contribution in [3.8, 4) is 0 Å². The molecule has 0 radical (unpaired) electrons. The van der Waals surface area contributed by atoms with Crippen LogP contribution in [0, 0.1) is 0 Å². The lowest BCUT2D eigenvalue weighted by Crippen LogP contribution is -2.56. The monoisotopic (exact) mass is 271 g/mol. The molecule has 0 aromatic rings. The Bertz CT molecular complexity index is 281. The van der Waals surface area contributed by atoms with Gasteiger partial charge in [0.05, 0.1) is 6.61 Å². The summed E-state index contributed by atoms with van der Waals surface area (Å²) in [7, 11) is 1.81. The van der Waals surface area contributed by atoms with Gasteiger partial charge in [-0.2, -0.15) is 0 Å². The van der Waals surface area contributed by atoms with Crippen LogP contribution in [0.4, 0.5) is 0 Å². The Kier molecular flexibility index (Phi) is 6.23. The zero-order valence-corrected chi connectivity index (χ0v) is 13.0. The van der Waals surface area contributed by atoms with Gasteiger partial charge >= 0.3 is 5.97 Å². The van der Waals surface area contributed by atoms with Gasteiger partial charge in [-0.15, -0.1) is 0 Å². The Morgan fingerprint density at radius 1 is 1.26 bits per heavy atom. The number of hydrogen-bond acceptors (Lipinski definition) is 5. The molecule has 1 heterocycles. The molecule has 1 fully saturated rings. The molecule has 112 valence electrons. The molecule has 0 aromatic heterocycles. The van der Waals surface area contributed by atoms with Crippen molar-refractivity contribution >= 4 is 5.97 Å². The van der Waals surface area contributed by atoms with Gasteiger partial charge in [0.15, 0.2) is 0 Å². The summed E-state index contributed by atoms with van der Waals surface area (Å²) in [6.07, 6.45) is 0. The maximum Gasteiger partial charge on any atom is 0.324 e. The van der Waals surface area contributed by atoms with Crippen LogP contribution in [0.5, 0.6) is 0 Å². The molecule has 0 amide bonds. The van der Waals surface area contributed by atoms with Crippen LogP contribution in [0.15, 0.2) is 0 Å². The Morgan fingerprint density at radius 2 is 1.84 bits per heavy atom. The minimum atomic E-state index is -0.221. The third-order valence-electron chi connectivity index (χ3n) is 3.68. The molecule has 0 saturated carbocycles. The van der Waals surface area contributed by atoms with Gasteiger partial charge in [0.25, 0.3) is 0 Å². The van der Waals surface area contributed by atoms with Crippen LogP contribution in [0.1, 0.15) is 27.7 Å². The number of ether oxygens (including phenoxy) is 1. The van der Waals surface area contributed by atoms with Crippen molar-refractivity contribution in [2.75, 3.05) is 46.4 Å². The summed E-state index contributed by atoms with van der Waals surface area (Å²) < 4.78 is 5.07. The highest BCUT2D eigenvalue weighted by molar-refractivity contribution is 5.76. The van der Waals surface area contributed by atoms with E-state index >= 15 is 0 Å². The fourth-order valence-corrected chi connectivity index (χ4v) is 2.39. The molecule has 0 aliphatic carbocycles. The van der Waals surface area contributed by atoms with E-state index < -0.39 is 0 Å². The summed E-state index contributed by atoms with van der Waals surface area (Å²) in [5.41, 5.74) is 0.232. The van der Waals surface area contributed by atoms with Crippen LogP contribution in [0.3, 0.4) is 0 Å². The lowest BCUT2D eigenvalue weighted by molar-refractivity contribution is -0.146. The minimum Gasteiger partial charge on any atom is -0.465 e. The van der Waals surface area contributed by atoms with Gasteiger partial charge in [0.2, 0.25) is 0 Å². The van der Waals surface area contributed by atoms with Crippen LogP contribution < -0.4 is 5.32 Å². The summed E-state index contributed by atoms with van der Waals surface area (Å²) in [6, 6.07) is -0.221. The van der Waals surface area contributed by atoms with Crippen molar-refractivity contribution in [2.45, 2.75) is 39.3 Å². The number of esters is 1. The maximum absolute atomic E-state index is 11.7. The van der Waals surface area contributed by atoms with Gasteiger partial charge in [-0.3, -0.25) is 14.6 Å². The summed E-state index contributed by atoms with van der Waals surface area (Å²) in [6.45, 7) is 13.9. The molecule has 1 unspecified atom stereocenters. The minimum absolute atomic E-state index is 0.150. The van der Waals surface area contributed by atoms with Gasteiger partial charge in [-0.1, -0.05) is 0 Å². The van der Waals surface area contributed by atoms with Crippen molar-refractivity contribution in [3.05, 3.63) is 0 Å². The molecule has 1 saturated heterocycles. The zero-order valence-electron chi connectivity index (χ0n) is 13.0. The second kappa shape index (κ2) is 7.22. The van der Waals surface area contributed by atoms with E-state index in [2.05, 4.69) is 35.9 Å². The fraction of sp³-hybridized carbons (Fsp3) is 0.929. The lowest BCUT2D eigenvalue weighted by Gasteiger charge is -2.42. The second-order valence-corrected chi connectivity index (χ2v) is 6.05. The number of rotatable bonds is 5. The normalized spacial score (nSPS) is 20.3. The maximum atomic E-state index is 11.7. The molecule has 0 spiro atoms. The molecule has 1 aliphatic heterocycles. The topological polar surface area (TPSA) is 44.8 Å². The molecule has 0 aromatic carbocycles. The first-order valence-electron chi connectivity index (χ1n) is 7.19. The van der Waals surface area contributed by atoms with E-state index in [1.165, 1.54) is 0 Å². The van der Waals surface area contributed by atoms with Gasteiger partial charge in [0, 0.05) is 38.3 Å². The van der Waals surface area contributed by atoms with Gasteiger partial charge in [-0.05, 0) is 34.7 Å². The lowest BCUT2D eigenvalue weighted by atomic mass is 10.0. The van der Waals surface area contributed by atoms with Gasteiger partial charge in [0.1, 0.15) is 6.04 Å². The molecule has 5 heteroatoms. The van der Waals surface area contributed by atoms with Gasteiger partial charge in [-0.25, -0.2) is 0 Å². The first-order chi connectivity index (χ1) is 8.88. The summed E-state index contributed by atoms with van der Waals surface area (Å²) in [5, 5.41) is 3.05. The number of likely N-dealkylation sites (N-methyl/N-ethyl adjacent to an activating group) is 1. The molecule has 19 heavy (non-hydrogen) atoms. The van der Waals surface area contributed by atoms with Gasteiger partial charge < -0.3 is 10.1 Å². The van der Waals surface area contributed by atoms with E-state index in [0.29, 0.717) is 6.61 Å². The third kappa shape index (κ3) is 5.09. The first-order valence-corrected chi connectivity index (χ1v) is 7.19. The highest BCUT2D eigenvalue weighted by Crippen LogP contribution is 2.15. The average molecular weight is 271 g/mol. The van der Waals surface area contributed by atoms with Crippen LogP contribution in [-0.4, -0.2) is 73.7 Å². The van der Waals surface area contributed by atoms with E-state index in [4.69, 9.17) is 4.74 Å². The Balaban J connectivity index is 2.41. The van der Waals surface area contributed by atoms with Crippen molar-refractivity contribution in [2.24, 2.45) is 0 Å². The quantitative estimate of drug-likeness (QED) is 0.740. The highest BCUT2D eigenvalue weighted by Gasteiger charge is 2.28. The first kappa shape index (κ1) is 16.4. The molecule has 1 atom stereocenters. The van der Waals surface area contributed by atoms with E-state index in [0.717, 1.165) is 32.7 Å². The molecule has 1 N–H and O–H groups in total. The van der Waals surface area contributed by atoms with Crippen LogP contribution in [-0.2, 0) is 9.53 Å². The predicted molar refractivity (Wildman–Crippen MR) is 77.2 cm³/mol. The number of carbonyl (C=O) groups is 1. The standard InChI is InChI=1S/C14H29N3O2/c1-6-19-13(18)12(15-5)11-16-7-9-17(10-8-16)14(2,3)4/h12,15H,6-11H2,1-5H3. The van der Waals surface area contributed by atoms with Crippen LogP contribution in [0.25, 0.3) is 0 Å². The average Bonchev–Trinajstić information content (AvgIpc) is 2.35. The molecule has 1 aliphatic rings. The van der Waals surface area contributed by atoms with Crippen LogP contribution in [0.2, 0.25) is 0 Å². The SMILES string of the molecule is CCOC(=O)C(CN1CCN(C(C)(C)C)CC1)NC. The third-order valence-corrected chi connectivity index (χ3v) is 3.68. The number of carbonyl (C=O) groups excluding carboxylic acids is 1. The van der Waals surface area contributed by atoms with E-state index in [-0.39, 0.29) is 17.6 Å². The predicted octanol–water partition coefficient (Wildman–Crippen LogP) is 0.554. The van der Waals surface area contributed by atoms with E-state index in [1.54, 1.807) is 0 Å². The van der Waals surface area contributed by atoms with Crippen molar-refractivity contribution in [1.82, 2.24) is 15.1 Å². The van der Waals surface area contributed by atoms with Crippen LogP contribution >= 0.6 is 0 Å². The summed E-state index contributed by atoms with van der Waals surface area (Å²) in [4.78, 5) is 16.6. The molecular weight excluding hydrogens is 242 g/mol. The second-order valence-electron chi connectivity index (χ2n) is 6.05. The smallest absolute Gasteiger partial charge is 0.324 e. The Morgan fingerprint density at radius 3 is 2.26 bits per heavy atom. The molecule has 1 rings (SSSR count). The zero-order chi connectivity index (χ0) is 14.5. The Labute approximate surface area is 117 Å². The van der Waals surface area contributed by atoms with E-state index in [9.17, 15) is 4.79 Å². The number of nitrogens with zero attached hydrogens (tertiary/aromatic N) is 2. The molecular formula is C14H29N3O2. The fourth-order valence-electron chi connectivity index (χ4n) is 2.39. The number of hydrogen-bond donors (Lipinski definition) is 1. The Hall–Kier alpha value is -0.650. The number of piperazine rings is 1. The highest BCUT2D eigenvalue weighted by atomic mass is 16.5.